The van der Waals surface area contributed by atoms with E-state index in [2.05, 4.69) is 12.2 Å². The Hall–Kier alpha value is -2.12. The van der Waals surface area contributed by atoms with Gasteiger partial charge in [-0.25, -0.2) is 5.48 Å². The van der Waals surface area contributed by atoms with Gasteiger partial charge >= 0.3 is 0 Å². The fourth-order valence-electron chi connectivity index (χ4n) is 1.91. The Morgan fingerprint density at radius 3 is 2.39 bits per heavy atom. The van der Waals surface area contributed by atoms with E-state index in [0.717, 1.165) is 12.8 Å². The van der Waals surface area contributed by atoms with Gasteiger partial charge in [-0.05, 0) is 44.5 Å². The molecule has 0 unspecified atom stereocenters. The van der Waals surface area contributed by atoms with Gasteiger partial charge in [0, 0.05) is 11.1 Å². The molecule has 0 radical (unpaired) electrons. The van der Waals surface area contributed by atoms with Crippen LogP contribution < -0.4 is 21.3 Å². The molecule has 0 aromatic heterocycles. The minimum absolute atomic E-state index is 0.368. The number of carbonyl (C=O) groups excluding carboxylic acids is 2. The molecule has 0 bridgehead atoms. The summed E-state index contributed by atoms with van der Waals surface area (Å²) in [7, 11) is 0. The zero-order chi connectivity index (χ0) is 17.5. The third-order valence-electron chi connectivity index (χ3n) is 3.27. The lowest BCUT2D eigenvalue weighted by atomic mass is 9.95. The molecule has 5 N–H and O–H groups in total. The van der Waals surface area contributed by atoms with Crippen molar-refractivity contribution in [2.75, 3.05) is 6.61 Å². The summed E-state index contributed by atoms with van der Waals surface area (Å²) in [4.78, 5) is 23.9. The van der Waals surface area contributed by atoms with E-state index in [1.165, 1.54) is 5.48 Å². The van der Waals surface area contributed by atoms with Gasteiger partial charge in [0.2, 0.25) is 0 Å². The molecule has 0 fully saturated rings. The van der Waals surface area contributed by atoms with Crippen molar-refractivity contribution in [1.82, 2.24) is 10.8 Å². The summed E-state index contributed by atoms with van der Waals surface area (Å²) in [5.41, 5.74) is 6.71. The van der Waals surface area contributed by atoms with Crippen LogP contribution in [0.5, 0.6) is 5.75 Å². The number of hydrogen-bond donors (Lipinski definition) is 4. The van der Waals surface area contributed by atoms with E-state index < -0.39 is 23.4 Å². The summed E-state index contributed by atoms with van der Waals surface area (Å²) < 4.78 is 5.52. The van der Waals surface area contributed by atoms with Gasteiger partial charge < -0.3 is 15.8 Å². The van der Waals surface area contributed by atoms with Crippen molar-refractivity contribution >= 4 is 11.8 Å². The number of hydroxylamine groups is 1. The molecular formula is C16H25N3O4. The van der Waals surface area contributed by atoms with Gasteiger partial charge in [0.05, 0.1) is 6.61 Å². The van der Waals surface area contributed by atoms with Crippen LogP contribution in [-0.2, 0) is 4.79 Å². The highest BCUT2D eigenvalue weighted by Crippen LogP contribution is 2.14. The summed E-state index contributed by atoms with van der Waals surface area (Å²) in [6, 6.07) is 5.53. The molecule has 7 heteroatoms. The average molecular weight is 323 g/mol. The van der Waals surface area contributed by atoms with E-state index in [9.17, 15) is 9.59 Å². The topological polar surface area (TPSA) is 114 Å². The van der Waals surface area contributed by atoms with Gasteiger partial charge in [-0.15, -0.1) is 0 Å². The molecular weight excluding hydrogens is 298 g/mol. The quantitative estimate of drug-likeness (QED) is 0.326. The lowest BCUT2D eigenvalue weighted by Crippen LogP contribution is -2.61. The van der Waals surface area contributed by atoms with E-state index in [0.29, 0.717) is 17.9 Å². The van der Waals surface area contributed by atoms with Gasteiger partial charge in [-0.3, -0.25) is 14.8 Å². The normalized spacial score (nSPS) is 12.4. The molecule has 0 aliphatic heterocycles. The molecule has 0 heterocycles. The Labute approximate surface area is 136 Å². The van der Waals surface area contributed by atoms with Crippen LogP contribution in [-0.4, -0.2) is 35.2 Å². The molecule has 1 aromatic carbocycles. The van der Waals surface area contributed by atoms with Crippen LogP contribution in [0.25, 0.3) is 0 Å². The average Bonchev–Trinajstić information content (AvgIpc) is 2.51. The van der Waals surface area contributed by atoms with Crippen molar-refractivity contribution in [2.45, 2.75) is 45.2 Å². The highest BCUT2D eigenvalue weighted by molar-refractivity contribution is 5.97. The summed E-state index contributed by atoms with van der Waals surface area (Å²) in [6.45, 7) is 5.87. The number of nitrogens with one attached hydrogen (secondary N) is 2. The van der Waals surface area contributed by atoms with Gasteiger partial charge in [-0.2, -0.15) is 0 Å². The molecule has 0 saturated carbocycles. The maximum absolute atomic E-state index is 12.2. The fraction of sp³-hybridized carbons (Fsp3) is 0.500. The van der Waals surface area contributed by atoms with E-state index in [4.69, 9.17) is 15.7 Å². The van der Waals surface area contributed by atoms with E-state index >= 15 is 0 Å². The second-order valence-corrected chi connectivity index (χ2v) is 5.93. The molecule has 0 aliphatic carbocycles. The summed E-state index contributed by atoms with van der Waals surface area (Å²) in [5, 5.41) is 11.3. The first-order chi connectivity index (χ1) is 10.8. The fourth-order valence-corrected chi connectivity index (χ4v) is 1.91. The van der Waals surface area contributed by atoms with E-state index in [1.54, 1.807) is 38.1 Å². The summed E-state index contributed by atoms with van der Waals surface area (Å²) >= 11 is 0. The first-order valence-electron chi connectivity index (χ1n) is 7.56. The van der Waals surface area contributed by atoms with Crippen molar-refractivity contribution in [3.63, 3.8) is 0 Å². The largest absolute Gasteiger partial charge is 0.494 e. The third kappa shape index (κ3) is 5.88. The number of unbranched alkanes of at least 4 members (excludes halogenated alkanes) is 1. The van der Waals surface area contributed by atoms with Gasteiger partial charge in [-0.1, -0.05) is 13.3 Å². The number of rotatable bonds is 8. The van der Waals surface area contributed by atoms with Crippen LogP contribution in [0.1, 0.15) is 44.0 Å². The van der Waals surface area contributed by atoms with Gasteiger partial charge in [0.25, 0.3) is 11.8 Å². The summed E-state index contributed by atoms with van der Waals surface area (Å²) in [6.07, 6.45) is 2.01. The minimum Gasteiger partial charge on any atom is -0.494 e. The maximum Gasteiger partial charge on any atom is 0.267 e. The van der Waals surface area contributed by atoms with Crippen molar-refractivity contribution < 1.29 is 19.5 Å². The molecule has 0 spiro atoms. The van der Waals surface area contributed by atoms with Crippen LogP contribution in [0.4, 0.5) is 0 Å². The summed E-state index contributed by atoms with van der Waals surface area (Å²) in [5.74, 6) is -0.554. The molecule has 23 heavy (non-hydrogen) atoms. The molecule has 0 saturated heterocycles. The Morgan fingerprint density at radius 1 is 1.30 bits per heavy atom. The molecule has 1 atom stereocenters. The molecule has 7 nitrogen and oxygen atoms in total. The lowest BCUT2D eigenvalue weighted by Gasteiger charge is -2.29. The Kier molecular flexibility index (Phi) is 6.99. The Bertz CT molecular complexity index is 523. The SMILES string of the molecule is CCCCOc1ccc(C(=O)N[C@H](C(=O)NO)C(C)(C)N)cc1. The Balaban J connectivity index is 2.74. The van der Waals surface area contributed by atoms with Gasteiger partial charge in [0.1, 0.15) is 11.8 Å². The van der Waals surface area contributed by atoms with Gasteiger partial charge in [0.15, 0.2) is 0 Å². The number of hydrogen-bond acceptors (Lipinski definition) is 5. The van der Waals surface area contributed by atoms with Crippen LogP contribution in [0, 0.1) is 0 Å². The molecule has 2 amide bonds. The van der Waals surface area contributed by atoms with Crippen LogP contribution in [0.3, 0.4) is 0 Å². The highest BCUT2D eigenvalue weighted by atomic mass is 16.5. The molecule has 1 aromatic rings. The van der Waals surface area contributed by atoms with Crippen molar-refractivity contribution in [3.05, 3.63) is 29.8 Å². The standard InChI is InChI=1S/C16H25N3O4/c1-4-5-10-23-12-8-6-11(7-9-12)14(20)18-13(15(21)19-22)16(2,3)17/h6-9,13,22H,4-5,10,17H2,1-3H3,(H,18,20)(H,19,21)/t13-/m1/s1. The highest BCUT2D eigenvalue weighted by Gasteiger charge is 2.33. The second-order valence-electron chi connectivity index (χ2n) is 5.93. The third-order valence-corrected chi connectivity index (χ3v) is 3.27. The molecule has 128 valence electrons. The number of ether oxygens (including phenoxy) is 1. The Morgan fingerprint density at radius 2 is 1.91 bits per heavy atom. The zero-order valence-electron chi connectivity index (χ0n) is 13.8. The number of nitrogens with two attached hydrogens (primary N) is 1. The zero-order valence-corrected chi connectivity index (χ0v) is 13.8. The maximum atomic E-state index is 12.2. The van der Waals surface area contributed by atoms with Crippen LogP contribution in [0.15, 0.2) is 24.3 Å². The molecule has 1 rings (SSSR count). The van der Waals surface area contributed by atoms with Crippen LogP contribution >= 0.6 is 0 Å². The van der Waals surface area contributed by atoms with Crippen molar-refractivity contribution in [1.29, 1.82) is 0 Å². The number of benzene rings is 1. The predicted octanol–water partition coefficient (Wildman–Crippen LogP) is 1.21. The van der Waals surface area contributed by atoms with Crippen molar-refractivity contribution in [2.24, 2.45) is 5.73 Å². The van der Waals surface area contributed by atoms with Crippen LogP contribution in [0.2, 0.25) is 0 Å². The number of amides is 2. The van der Waals surface area contributed by atoms with E-state index in [-0.39, 0.29) is 0 Å². The predicted molar refractivity (Wildman–Crippen MR) is 86.3 cm³/mol. The number of carbonyl (C=O) groups is 2. The van der Waals surface area contributed by atoms with E-state index in [1.807, 2.05) is 0 Å². The molecule has 0 aliphatic rings. The second kappa shape index (κ2) is 8.50. The smallest absolute Gasteiger partial charge is 0.267 e. The first-order valence-corrected chi connectivity index (χ1v) is 7.56. The first kappa shape index (κ1) is 18.9. The lowest BCUT2D eigenvalue weighted by molar-refractivity contribution is -0.132. The monoisotopic (exact) mass is 323 g/mol. The minimum atomic E-state index is -1.07. The van der Waals surface area contributed by atoms with Crippen molar-refractivity contribution in [3.8, 4) is 5.75 Å².